The SMILES string of the molecule is CC1(C)c2ccccc2-c2ccc(N(c3ccc(-c4ccccc4)cc3)c3ccc(-c4cc(-c5ccc(-c6ccccc6)cc5)ncn4)cc3)cc21.c1ccc(-c2ccc(-c3cc(-c4ccc(N(c5ccc(-c6ccccc6)cc5)c5ccc(-c6ccc7c(c6)c6ccccc6n7-c6ccccc6)cc5)cc4)ncn3)cc2)cc1. The normalized spacial score (nSPS) is 11.8. The van der Waals surface area contributed by atoms with Crippen LogP contribution in [0.15, 0.2) is 431 Å². The van der Waals surface area contributed by atoms with Gasteiger partial charge in [-0.05, 0) is 193 Å². The van der Waals surface area contributed by atoms with Crippen molar-refractivity contribution >= 4 is 55.9 Å². The van der Waals surface area contributed by atoms with Crippen LogP contribution in [0.5, 0.6) is 0 Å². The van der Waals surface area contributed by atoms with Gasteiger partial charge in [-0.25, -0.2) is 19.9 Å². The lowest BCUT2D eigenvalue weighted by atomic mass is 9.82. The van der Waals surface area contributed by atoms with Crippen LogP contribution in [0.2, 0.25) is 0 Å². The molecule has 0 fully saturated rings. The van der Waals surface area contributed by atoms with E-state index >= 15 is 0 Å². The molecule has 3 aromatic heterocycles. The highest BCUT2D eigenvalue weighted by Gasteiger charge is 2.36. The van der Waals surface area contributed by atoms with Crippen molar-refractivity contribution in [1.82, 2.24) is 24.5 Å². The van der Waals surface area contributed by atoms with E-state index in [1.165, 1.54) is 94.1 Å². The van der Waals surface area contributed by atoms with Crippen LogP contribution in [0.1, 0.15) is 25.0 Å². The molecular weight excluding hydrogens is 1380 g/mol. The first-order valence-electron chi connectivity index (χ1n) is 38.8. The van der Waals surface area contributed by atoms with Gasteiger partial charge in [-0.1, -0.05) is 317 Å². The van der Waals surface area contributed by atoms with Crippen molar-refractivity contribution in [2.24, 2.45) is 0 Å². The summed E-state index contributed by atoms with van der Waals surface area (Å²) in [5.41, 5.74) is 34.9. The summed E-state index contributed by atoms with van der Waals surface area (Å²) in [5, 5.41) is 2.48. The number of para-hydroxylation sites is 2. The van der Waals surface area contributed by atoms with Gasteiger partial charge in [0.1, 0.15) is 12.7 Å². The molecule has 1 aliphatic carbocycles. The Labute approximate surface area is 665 Å². The third kappa shape index (κ3) is 13.8. The maximum atomic E-state index is 4.69. The monoisotopic (exact) mass is 1460 g/mol. The Morgan fingerprint density at radius 1 is 0.211 bits per heavy atom. The second-order valence-electron chi connectivity index (χ2n) is 29.4. The van der Waals surface area contributed by atoms with Crippen LogP contribution in [0.25, 0.3) is 139 Å². The summed E-state index contributed by atoms with van der Waals surface area (Å²) in [6.07, 6.45) is 3.32. The number of fused-ring (bicyclic) bond motifs is 6. The molecule has 19 aromatic rings. The van der Waals surface area contributed by atoms with Crippen LogP contribution in [0.4, 0.5) is 34.1 Å². The zero-order valence-corrected chi connectivity index (χ0v) is 63.1. The first kappa shape index (κ1) is 69.5. The molecule has 0 amide bonds. The topological polar surface area (TPSA) is 63.0 Å². The minimum atomic E-state index is -0.0960. The number of hydrogen-bond donors (Lipinski definition) is 0. The molecule has 0 aliphatic heterocycles. The van der Waals surface area contributed by atoms with Crippen LogP contribution in [0.3, 0.4) is 0 Å². The van der Waals surface area contributed by atoms with E-state index in [-0.39, 0.29) is 5.41 Å². The van der Waals surface area contributed by atoms with Gasteiger partial charge in [0.2, 0.25) is 0 Å². The van der Waals surface area contributed by atoms with Crippen LogP contribution < -0.4 is 9.80 Å². The molecule has 1 aliphatic rings. The molecule has 7 nitrogen and oxygen atoms in total. The van der Waals surface area contributed by atoms with Gasteiger partial charge in [0, 0.05) is 78.3 Å². The molecular formula is C107H77N7. The van der Waals surface area contributed by atoms with Crippen molar-refractivity contribution in [2.45, 2.75) is 19.3 Å². The van der Waals surface area contributed by atoms with Gasteiger partial charge in [-0.15, -0.1) is 0 Å². The smallest absolute Gasteiger partial charge is 0.116 e. The number of anilines is 6. The van der Waals surface area contributed by atoms with Crippen molar-refractivity contribution in [3.8, 4) is 117 Å². The highest BCUT2D eigenvalue weighted by atomic mass is 15.1. The van der Waals surface area contributed by atoms with E-state index in [2.05, 4.69) is 450 Å². The largest absolute Gasteiger partial charge is 0.311 e. The van der Waals surface area contributed by atoms with Gasteiger partial charge in [-0.3, -0.25) is 0 Å². The zero-order chi connectivity index (χ0) is 76.3. The predicted molar refractivity (Wildman–Crippen MR) is 474 cm³/mol. The zero-order valence-electron chi connectivity index (χ0n) is 63.1. The molecule has 0 atom stereocenters. The molecule has 0 saturated carbocycles. The lowest BCUT2D eigenvalue weighted by Gasteiger charge is -2.28. The number of rotatable bonds is 16. The molecule has 16 aromatic carbocycles. The summed E-state index contributed by atoms with van der Waals surface area (Å²) in [7, 11) is 0. The van der Waals surface area contributed by atoms with Crippen molar-refractivity contribution in [3.05, 3.63) is 442 Å². The quantitative estimate of drug-likeness (QED) is 0.0961. The van der Waals surface area contributed by atoms with E-state index in [0.717, 1.165) is 90.4 Å². The van der Waals surface area contributed by atoms with Crippen LogP contribution >= 0.6 is 0 Å². The summed E-state index contributed by atoms with van der Waals surface area (Å²) in [6, 6.07) is 149. The third-order valence-corrected chi connectivity index (χ3v) is 22.2. The Balaban J connectivity index is 0.000000155. The standard InChI is InChI=1S/C58H40N4.C49H37N3/c1-4-12-41(13-5-1)43-20-22-46(23-21-43)55-39-56(60-40-59-55)47-28-35-52(36-29-47)61(50-31-24-44(25-32-50)42-14-6-2-7-15-42)51-33-26-45(27-34-51)48-30-37-58-54(38-48)53-18-10-11-19-57(53)62(58)49-16-8-3-9-17-49;1-49(2)45-16-10-9-15-43(45)44-30-29-42(31-46(44)49)52(40-25-21-37(22-26-40)35-13-7-4-8-14-35)41-27-23-39(24-28-41)48-32-47(50-33-51-48)38-19-17-36(18-20-38)34-11-5-3-6-12-34/h1-40H;3-33H,1-2H3. The molecule has 20 rings (SSSR count). The van der Waals surface area contributed by atoms with Crippen molar-refractivity contribution in [3.63, 3.8) is 0 Å². The van der Waals surface area contributed by atoms with Gasteiger partial charge < -0.3 is 14.4 Å². The van der Waals surface area contributed by atoms with Gasteiger partial charge in [-0.2, -0.15) is 0 Å². The van der Waals surface area contributed by atoms with Crippen LogP contribution in [-0.2, 0) is 5.41 Å². The molecule has 0 bridgehead atoms. The first-order valence-corrected chi connectivity index (χ1v) is 38.8. The van der Waals surface area contributed by atoms with E-state index < -0.39 is 0 Å². The number of benzene rings is 16. The van der Waals surface area contributed by atoms with Gasteiger partial charge in [0.15, 0.2) is 0 Å². The predicted octanol–water partition coefficient (Wildman–Crippen LogP) is 28.3. The molecule has 0 spiro atoms. The molecule has 3 heterocycles. The van der Waals surface area contributed by atoms with Crippen molar-refractivity contribution < 1.29 is 0 Å². The molecule has 114 heavy (non-hydrogen) atoms. The Morgan fingerprint density at radius 2 is 0.500 bits per heavy atom. The maximum absolute atomic E-state index is 4.69. The molecule has 0 N–H and O–H groups in total. The fraction of sp³-hybridized carbons (Fsp3) is 0.0280. The van der Waals surface area contributed by atoms with Crippen LogP contribution in [-0.4, -0.2) is 24.5 Å². The average molecular weight is 1460 g/mol. The third-order valence-electron chi connectivity index (χ3n) is 22.2. The van der Waals surface area contributed by atoms with Crippen molar-refractivity contribution in [2.75, 3.05) is 9.80 Å². The lowest BCUT2D eigenvalue weighted by molar-refractivity contribution is 0.660. The molecule has 540 valence electrons. The number of nitrogens with zero attached hydrogens (tertiary/aromatic N) is 7. The van der Waals surface area contributed by atoms with E-state index in [4.69, 9.17) is 4.98 Å². The number of hydrogen-bond acceptors (Lipinski definition) is 6. The van der Waals surface area contributed by atoms with E-state index in [1.807, 2.05) is 12.1 Å². The maximum Gasteiger partial charge on any atom is 0.116 e. The van der Waals surface area contributed by atoms with E-state index in [0.29, 0.717) is 0 Å². The van der Waals surface area contributed by atoms with Crippen LogP contribution in [0, 0.1) is 0 Å². The second-order valence-corrected chi connectivity index (χ2v) is 29.4. The average Bonchev–Trinajstić information content (AvgIpc) is 1.58. The lowest BCUT2D eigenvalue weighted by Crippen LogP contribution is -2.16. The fourth-order valence-corrected chi connectivity index (χ4v) is 16.2. The summed E-state index contributed by atoms with van der Waals surface area (Å²) < 4.78 is 2.36. The summed E-state index contributed by atoms with van der Waals surface area (Å²) >= 11 is 0. The molecule has 0 saturated heterocycles. The Hall–Kier alpha value is -14.9. The first-order chi connectivity index (χ1) is 56.3. The Bertz CT molecular complexity index is 6590. The van der Waals surface area contributed by atoms with E-state index in [9.17, 15) is 0 Å². The Morgan fingerprint density at radius 3 is 0.921 bits per heavy atom. The van der Waals surface area contributed by atoms with Gasteiger partial charge in [0.25, 0.3) is 0 Å². The minimum absolute atomic E-state index is 0.0960. The fourth-order valence-electron chi connectivity index (χ4n) is 16.2. The Kier molecular flexibility index (Phi) is 18.6. The van der Waals surface area contributed by atoms with Gasteiger partial charge in [0.05, 0.1) is 33.8 Å². The second kappa shape index (κ2) is 30.5. The summed E-state index contributed by atoms with van der Waals surface area (Å²) in [5.74, 6) is 0. The minimum Gasteiger partial charge on any atom is -0.311 e. The van der Waals surface area contributed by atoms with Gasteiger partial charge >= 0.3 is 0 Å². The highest BCUT2D eigenvalue weighted by molar-refractivity contribution is 6.10. The summed E-state index contributed by atoms with van der Waals surface area (Å²) in [4.78, 5) is 23.3. The van der Waals surface area contributed by atoms with E-state index in [1.54, 1.807) is 12.7 Å². The molecule has 0 unspecified atom stereocenters. The molecule has 0 radical (unpaired) electrons. The van der Waals surface area contributed by atoms with Crippen molar-refractivity contribution in [1.29, 1.82) is 0 Å². The highest BCUT2D eigenvalue weighted by Crippen LogP contribution is 2.51. The summed E-state index contributed by atoms with van der Waals surface area (Å²) in [6.45, 7) is 4.67. The molecule has 7 heteroatoms. The number of aromatic nitrogens is 5.